The number of nitrogens with zero attached hydrogens (tertiary/aromatic N) is 1. The monoisotopic (exact) mass is 384 g/mol. The van der Waals surface area contributed by atoms with Crippen molar-refractivity contribution in [3.8, 4) is 5.75 Å². The summed E-state index contributed by atoms with van der Waals surface area (Å²) >= 11 is 1.59. The van der Waals surface area contributed by atoms with E-state index in [-0.39, 0.29) is 17.2 Å². The summed E-state index contributed by atoms with van der Waals surface area (Å²) in [6.45, 7) is 4.03. The van der Waals surface area contributed by atoms with E-state index >= 15 is 0 Å². The van der Waals surface area contributed by atoms with Crippen molar-refractivity contribution >= 4 is 35.0 Å². The first-order valence-electron chi connectivity index (χ1n) is 8.95. The summed E-state index contributed by atoms with van der Waals surface area (Å²) in [6.07, 6.45) is 0.485. The highest BCUT2D eigenvalue weighted by molar-refractivity contribution is 8.00. The summed E-state index contributed by atoms with van der Waals surface area (Å²) in [5.74, 6) is 1.57. The molecule has 27 heavy (non-hydrogen) atoms. The number of amides is 2. The number of anilines is 2. The van der Waals surface area contributed by atoms with E-state index < -0.39 is 0 Å². The van der Waals surface area contributed by atoms with Gasteiger partial charge in [0, 0.05) is 17.8 Å². The Morgan fingerprint density at radius 1 is 1.26 bits per heavy atom. The molecular weight excluding hydrogens is 360 g/mol. The average Bonchev–Trinajstić information content (AvgIpc) is 3.03. The largest absolute Gasteiger partial charge is 0.497 e. The highest BCUT2D eigenvalue weighted by atomic mass is 32.2. The number of carbonyl (C=O) groups excluding carboxylic acids is 2. The molecule has 142 valence electrons. The zero-order chi connectivity index (χ0) is 19.4. The highest BCUT2D eigenvalue weighted by Gasteiger charge is 2.34. The molecule has 1 heterocycles. The van der Waals surface area contributed by atoms with E-state index in [0.29, 0.717) is 18.1 Å². The molecule has 2 amide bonds. The van der Waals surface area contributed by atoms with Crippen molar-refractivity contribution in [3.05, 3.63) is 54.1 Å². The quantitative estimate of drug-likeness (QED) is 0.799. The van der Waals surface area contributed by atoms with E-state index in [1.54, 1.807) is 23.8 Å². The Morgan fingerprint density at radius 2 is 2.00 bits per heavy atom. The molecule has 0 aromatic heterocycles. The zero-order valence-corrected chi connectivity index (χ0v) is 16.6. The van der Waals surface area contributed by atoms with Gasteiger partial charge in [0.25, 0.3) is 0 Å². The van der Waals surface area contributed by atoms with Gasteiger partial charge in [-0.1, -0.05) is 26.0 Å². The van der Waals surface area contributed by atoms with Gasteiger partial charge in [0.2, 0.25) is 11.8 Å². The number of carbonyl (C=O) groups is 2. The van der Waals surface area contributed by atoms with Crippen LogP contribution in [0, 0.1) is 5.92 Å². The van der Waals surface area contributed by atoms with Gasteiger partial charge in [-0.2, -0.15) is 0 Å². The fourth-order valence-electron chi connectivity index (χ4n) is 3.05. The second-order valence-corrected chi connectivity index (χ2v) is 7.97. The van der Waals surface area contributed by atoms with E-state index in [4.69, 9.17) is 4.74 Å². The summed E-state index contributed by atoms with van der Waals surface area (Å²) in [7, 11) is 1.62. The summed E-state index contributed by atoms with van der Waals surface area (Å²) in [5.41, 5.74) is 2.59. The lowest BCUT2D eigenvalue weighted by molar-refractivity contribution is -0.117. The van der Waals surface area contributed by atoms with Gasteiger partial charge >= 0.3 is 0 Å². The van der Waals surface area contributed by atoms with Gasteiger partial charge in [-0.15, -0.1) is 11.8 Å². The lowest BCUT2D eigenvalue weighted by Gasteiger charge is -2.25. The normalized spacial score (nSPS) is 16.7. The Morgan fingerprint density at radius 3 is 2.67 bits per heavy atom. The third-order valence-corrected chi connectivity index (χ3v) is 5.48. The maximum Gasteiger partial charge on any atom is 0.238 e. The standard InChI is InChI=1S/C21H24N2O3S/c1-14(2)11-19(24)22-16-6-4-5-15(12-16)21-23(20(25)13-27-21)17-7-9-18(26-3)10-8-17/h4-10,12,14,21H,11,13H2,1-3H3,(H,22,24)/t21-/m0/s1. The minimum atomic E-state index is -0.118. The molecule has 1 aliphatic rings. The zero-order valence-electron chi connectivity index (χ0n) is 15.8. The van der Waals surface area contributed by atoms with Crippen molar-refractivity contribution < 1.29 is 14.3 Å². The van der Waals surface area contributed by atoms with Crippen LogP contribution in [0.2, 0.25) is 0 Å². The molecule has 6 heteroatoms. The van der Waals surface area contributed by atoms with Gasteiger partial charge in [-0.3, -0.25) is 14.5 Å². The van der Waals surface area contributed by atoms with Crippen molar-refractivity contribution in [2.24, 2.45) is 5.92 Å². The van der Waals surface area contributed by atoms with E-state index in [1.807, 2.05) is 62.4 Å². The minimum absolute atomic E-state index is 0.00399. The first-order valence-corrected chi connectivity index (χ1v) is 10.0. The molecule has 0 bridgehead atoms. The van der Waals surface area contributed by atoms with Gasteiger partial charge in [0.05, 0.1) is 12.9 Å². The first kappa shape index (κ1) is 19.3. The molecule has 1 N–H and O–H groups in total. The third-order valence-electron chi connectivity index (χ3n) is 4.27. The van der Waals surface area contributed by atoms with Crippen LogP contribution in [0.1, 0.15) is 31.2 Å². The van der Waals surface area contributed by atoms with Crippen LogP contribution in [0.25, 0.3) is 0 Å². The highest BCUT2D eigenvalue weighted by Crippen LogP contribution is 2.42. The van der Waals surface area contributed by atoms with E-state index in [0.717, 1.165) is 22.7 Å². The molecule has 0 radical (unpaired) electrons. The average molecular weight is 385 g/mol. The summed E-state index contributed by atoms with van der Waals surface area (Å²) in [5, 5.41) is 2.83. The van der Waals surface area contributed by atoms with Gasteiger partial charge < -0.3 is 10.1 Å². The Labute approximate surface area is 164 Å². The number of hydrogen-bond acceptors (Lipinski definition) is 4. The molecule has 1 aliphatic heterocycles. The van der Waals surface area contributed by atoms with Gasteiger partial charge in [-0.05, 0) is 47.9 Å². The molecule has 2 aromatic carbocycles. The molecule has 0 saturated carbocycles. The van der Waals surface area contributed by atoms with Crippen LogP contribution < -0.4 is 15.0 Å². The van der Waals surface area contributed by atoms with Crippen molar-refractivity contribution in [2.75, 3.05) is 23.1 Å². The number of benzene rings is 2. The predicted octanol–water partition coefficient (Wildman–Crippen LogP) is 4.46. The van der Waals surface area contributed by atoms with E-state index in [9.17, 15) is 9.59 Å². The Kier molecular flexibility index (Phi) is 6.06. The molecule has 1 fully saturated rings. The predicted molar refractivity (Wildman–Crippen MR) is 110 cm³/mol. The number of thioether (sulfide) groups is 1. The molecule has 0 aliphatic carbocycles. The van der Waals surface area contributed by atoms with Gasteiger partial charge in [-0.25, -0.2) is 0 Å². The van der Waals surface area contributed by atoms with Crippen molar-refractivity contribution in [1.82, 2.24) is 0 Å². The molecule has 0 unspecified atom stereocenters. The van der Waals surface area contributed by atoms with Crippen LogP contribution >= 0.6 is 11.8 Å². The fourth-order valence-corrected chi connectivity index (χ4v) is 4.21. The number of nitrogens with one attached hydrogen (secondary N) is 1. The second kappa shape index (κ2) is 8.48. The second-order valence-electron chi connectivity index (χ2n) is 6.90. The van der Waals surface area contributed by atoms with Crippen LogP contribution in [0.4, 0.5) is 11.4 Å². The summed E-state index contributed by atoms with van der Waals surface area (Å²) in [6, 6.07) is 15.2. The maximum atomic E-state index is 12.5. The Balaban J connectivity index is 1.82. The Bertz CT molecular complexity index is 820. The molecule has 0 spiro atoms. The third kappa shape index (κ3) is 4.63. The Hall–Kier alpha value is -2.47. The van der Waals surface area contributed by atoms with Crippen LogP contribution in [-0.4, -0.2) is 24.7 Å². The lowest BCUT2D eigenvalue weighted by atomic mass is 10.1. The van der Waals surface area contributed by atoms with Crippen molar-refractivity contribution in [1.29, 1.82) is 0 Å². The number of ether oxygens (including phenoxy) is 1. The van der Waals surface area contributed by atoms with Crippen molar-refractivity contribution in [3.63, 3.8) is 0 Å². The van der Waals surface area contributed by atoms with Crippen molar-refractivity contribution in [2.45, 2.75) is 25.6 Å². The van der Waals surface area contributed by atoms with E-state index in [1.165, 1.54) is 0 Å². The van der Waals surface area contributed by atoms with Gasteiger partial charge in [0.15, 0.2) is 0 Å². The fraction of sp³-hybridized carbons (Fsp3) is 0.333. The molecule has 5 nitrogen and oxygen atoms in total. The number of hydrogen-bond donors (Lipinski definition) is 1. The van der Waals surface area contributed by atoms with Crippen LogP contribution in [0.5, 0.6) is 5.75 Å². The smallest absolute Gasteiger partial charge is 0.238 e. The molecule has 1 atom stereocenters. The molecule has 1 saturated heterocycles. The molecular formula is C21H24N2O3S. The van der Waals surface area contributed by atoms with Crippen LogP contribution in [-0.2, 0) is 9.59 Å². The molecule has 2 aromatic rings. The SMILES string of the molecule is COc1ccc(N2C(=O)CS[C@H]2c2cccc(NC(=O)CC(C)C)c2)cc1. The summed E-state index contributed by atoms with van der Waals surface area (Å²) < 4.78 is 5.20. The summed E-state index contributed by atoms with van der Waals surface area (Å²) in [4.78, 5) is 26.4. The lowest BCUT2D eigenvalue weighted by Crippen LogP contribution is -2.27. The van der Waals surface area contributed by atoms with E-state index in [2.05, 4.69) is 5.32 Å². The maximum absolute atomic E-state index is 12.5. The molecule has 3 rings (SSSR count). The van der Waals surface area contributed by atoms with Crippen LogP contribution in [0.3, 0.4) is 0 Å². The van der Waals surface area contributed by atoms with Crippen LogP contribution in [0.15, 0.2) is 48.5 Å². The topological polar surface area (TPSA) is 58.6 Å². The number of rotatable bonds is 6. The first-order chi connectivity index (χ1) is 13.0. The minimum Gasteiger partial charge on any atom is -0.497 e. The van der Waals surface area contributed by atoms with Gasteiger partial charge in [0.1, 0.15) is 11.1 Å². The number of methoxy groups -OCH3 is 1.